The van der Waals surface area contributed by atoms with Gasteiger partial charge < -0.3 is 0 Å². The van der Waals surface area contributed by atoms with E-state index in [9.17, 15) is 0 Å². The van der Waals surface area contributed by atoms with Gasteiger partial charge in [0, 0.05) is 11.8 Å². The van der Waals surface area contributed by atoms with E-state index >= 15 is 0 Å². The van der Waals surface area contributed by atoms with Crippen molar-refractivity contribution in [3.63, 3.8) is 0 Å². The molecule has 0 heterocycles. The SMILES string of the molecule is CC1CC(C#N)CC(C#N)C1. The van der Waals surface area contributed by atoms with Gasteiger partial charge in [-0.25, -0.2) is 0 Å². The molecule has 0 aromatic heterocycles. The summed E-state index contributed by atoms with van der Waals surface area (Å²) in [4.78, 5) is 0. The van der Waals surface area contributed by atoms with Gasteiger partial charge in [0.25, 0.3) is 0 Å². The second kappa shape index (κ2) is 3.39. The van der Waals surface area contributed by atoms with Gasteiger partial charge in [0.15, 0.2) is 0 Å². The maximum Gasteiger partial charge on any atom is 0.0656 e. The third-order valence-electron chi connectivity index (χ3n) is 2.31. The van der Waals surface area contributed by atoms with Crippen LogP contribution in [0.2, 0.25) is 0 Å². The van der Waals surface area contributed by atoms with Crippen LogP contribution in [0.15, 0.2) is 0 Å². The molecule has 0 aromatic rings. The molecule has 0 amide bonds. The Hall–Kier alpha value is -1.02. The summed E-state index contributed by atoms with van der Waals surface area (Å²) in [5.74, 6) is 0.810. The van der Waals surface area contributed by atoms with Crippen LogP contribution in [0.1, 0.15) is 26.2 Å². The Labute approximate surface area is 67.4 Å². The summed E-state index contributed by atoms with van der Waals surface area (Å²) in [7, 11) is 0. The molecule has 1 fully saturated rings. The van der Waals surface area contributed by atoms with Gasteiger partial charge in [-0.05, 0) is 25.2 Å². The van der Waals surface area contributed by atoms with Gasteiger partial charge in [0.1, 0.15) is 0 Å². The van der Waals surface area contributed by atoms with Crippen LogP contribution in [-0.2, 0) is 0 Å². The standard InChI is InChI=1S/C9H12N2/c1-7-2-8(5-10)4-9(3-7)6-11/h7-9H,2-4H2,1H3. The maximum atomic E-state index is 8.66. The van der Waals surface area contributed by atoms with Crippen LogP contribution in [0, 0.1) is 40.4 Å². The minimum atomic E-state index is 0.128. The number of hydrogen-bond acceptors (Lipinski definition) is 2. The highest BCUT2D eigenvalue weighted by Gasteiger charge is 2.25. The third kappa shape index (κ3) is 1.95. The number of nitriles is 2. The van der Waals surface area contributed by atoms with Gasteiger partial charge in [-0.2, -0.15) is 10.5 Å². The van der Waals surface area contributed by atoms with Gasteiger partial charge in [-0.15, -0.1) is 0 Å². The maximum absolute atomic E-state index is 8.66. The summed E-state index contributed by atoms with van der Waals surface area (Å²) in [6.45, 7) is 2.12. The van der Waals surface area contributed by atoms with Gasteiger partial charge in [0.05, 0.1) is 12.1 Å². The van der Waals surface area contributed by atoms with Crippen LogP contribution in [0.5, 0.6) is 0 Å². The van der Waals surface area contributed by atoms with E-state index in [1.165, 1.54) is 0 Å². The summed E-state index contributed by atoms with van der Waals surface area (Å²) < 4.78 is 0. The van der Waals surface area contributed by atoms with E-state index in [0.717, 1.165) is 19.3 Å². The summed E-state index contributed by atoms with van der Waals surface area (Å²) in [5, 5.41) is 17.3. The first-order chi connectivity index (χ1) is 5.26. The lowest BCUT2D eigenvalue weighted by molar-refractivity contribution is 0.282. The predicted molar refractivity (Wildman–Crippen MR) is 41.2 cm³/mol. The van der Waals surface area contributed by atoms with E-state index in [1.54, 1.807) is 0 Å². The highest BCUT2D eigenvalue weighted by atomic mass is 14.4. The largest absolute Gasteiger partial charge is 0.198 e. The Morgan fingerprint density at radius 3 is 1.82 bits per heavy atom. The lowest BCUT2D eigenvalue weighted by Crippen LogP contribution is -2.19. The molecule has 2 nitrogen and oxygen atoms in total. The van der Waals surface area contributed by atoms with Crippen LogP contribution in [-0.4, -0.2) is 0 Å². The lowest BCUT2D eigenvalue weighted by Gasteiger charge is -2.25. The number of rotatable bonds is 0. The molecule has 0 aromatic carbocycles. The van der Waals surface area contributed by atoms with E-state index in [1.807, 2.05) is 0 Å². The second-order valence-corrected chi connectivity index (χ2v) is 3.46. The first-order valence-corrected chi connectivity index (χ1v) is 4.05. The van der Waals surface area contributed by atoms with Gasteiger partial charge in [0.2, 0.25) is 0 Å². The zero-order valence-electron chi connectivity index (χ0n) is 6.75. The van der Waals surface area contributed by atoms with E-state index < -0.39 is 0 Å². The van der Waals surface area contributed by atoms with Crippen LogP contribution in [0.4, 0.5) is 0 Å². The van der Waals surface area contributed by atoms with Crippen molar-refractivity contribution in [3.8, 4) is 12.1 Å². The van der Waals surface area contributed by atoms with Crippen LogP contribution in [0.3, 0.4) is 0 Å². The molecule has 2 atom stereocenters. The monoisotopic (exact) mass is 148 g/mol. The van der Waals surface area contributed by atoms with Gasteiger partial charge in [-0.3, -0.25) is 0 Å². The Kier molecular flexibility index (Phi) is 2.49. The van der Waals surface area contributed by atoms with Crippen LogP contribution in [0.25, 0.3) is 0 Å². The fraction of sp³-hybridized carbons (Fsp3) is 0.778. The summed E-state index contributed by atoms with van der Waals surface area (Å²) in [6, 6.07) is 4.50. The predicted octanol–water partition coefficient (Wildman–Crippen LogP) is 2.09. The topological polar surface area (TPSA) is 47.6 Å². The first kappa shape index (κ1) is 8.08. The fourth-order valence-corrected chi connectivity index (χ4v) is 1.81. The van der Waals surface area contributed by atoms with Crippen molar-refractivity contribution in [2.75, 3.05) is 0 Å². The van der Waals surface area contributed by atoms with Crippen molar-refractivity contribution in [3.05, 3.63) is 0 Å². The normalized spacial score (nSPS) is 37.2. The van der Waals surface area contributed by atoms with Crippen molar-refractivity contribution in [2.24, 2.45) is 17.8 Å². The smallest absolute Gasteiger partial charge is 0.0656 e. The van der Waals surface area contributed by atoms with Crippen molar-refractivity contribution < 1.29 is 0 Å². The molecule has 2 unspecified atom stereocenters. The molecular weight excluding hydrogens is 136 g/mol. The molecule has 1 aliphatic carbocycles. The molecule has 1 saturated carbocycles. The third-order valence-corrected chi connectivity index (χ3v) is 2.31. The van der Waals surface area contributed by atoms with E-state index in [0.29, 0.717) is 5.92 Å². The van der Waals surface area contributed by atoms with E-state index in [4.69, 9.17) is 10.5 Å². The van der Waals surface area contributed by atoms with Gasteiger partial charge in [-0.1, -0.05) is 6.92 Å². The molecule has 0 saturated heterocycles. The molecule has 11 heavy (non-hydrogen) atoms. The molecule has 1 rings (SSSR count). The Balaban J connectivity index is 2.54. The average molecular weight is 148 g/mol. The van der Waals surface area contributed by atoms with Crippen LogP contribution >= 0.6 is 0 Å². The molecule has 0 spiro atoms. The summed E-state index contributed by atoms with van der Waals surface area (Å²) in [6.07, 6.45) is 2.75. The Bertz CT molecular complexity index is 187. The highest BCUT2D eigenvalue weighted by Crippen LogP contribution is 2.31. The lowest BCUT2D eigenvalue weighted by atomic mass is 9.77. The average Bonchev–Trinajstić information content (AvgIpc) is 2.03. The van der Waals surface area contributed by atoms with Crippen molar-refractivity contribution in [2.45, 2.75) is 26.2 Å². The second-order valence-electron chi connectivity index (χ2n) is 3.46. The zero-order chi connectivity index (χ0) is 8.27. The summed E-state index contributed by atoms with van der Waals surface area (Å²) >= 11 is 0. The molecule has 1 aliphatic rings. The molecule has 0 bridgehead atoms. The number of nitrogens with zero attached hydrogens (tertiary/aromatic N) is 2. The zero-order valence-corrected chi connectivity index (χ0v) is 6.75. The molecular formula is C9H12N2. The number of hydrogen-bond donors (Lipinski definition) is 0. The Morgan fingerprint density at radius 2 is 1.45 bits per heavy atom. The minimum Gasteiger partial charge on any atom is -0.198 e. The first-order valence-electron chi connectivity index (χ1n) is 4.05. The summed E-state index contributed by atoms with van der Waals surface area (Å²) in [5.41, 5.74) is 0. The van der Waals surface area contributed by atoms with Gasteiger partial charge >= 0.3 is 0 Å². The minimum absolute atomic E-state index is 0.128. The van der Waals surface area contributed by atoms with E-state index in [2.05, 4.69) is 19.1 Å². The quantitative estimate of drug-likeness (QED) is 0.528. The van der Waals surface area contributed by atoms with E-state index in [-0.39, 0.29) is 11.8 Å². The van der Waals surface area contributed by atoms with Crippen molar-refractivity contribution >= 4 is 0 Å². The molecule has 58 valence electrons. The fourth-order valence-electron chi connectivity index (χ4n) is 1.81. The van der Waals surface area contributed by atoms with Crippen LogP contribution < -0.4 is 0 Å². The molecule has 0 N–H and O–H groups in total. The van der Waals surface area contributed by atoms with Crippen molar-refractivity contribution in [1.82, 2.24) is 0 Å². The van der Waals surface area contributed by atoms with Crippen molar-refractivity contribution in [1.29, 1.82) is 10.5 Å². The Morgan fingerprint density at radius 1 is 1.00 bits per heavy atom. The molecule has 0 radical (unpaired) electrons. The molecule has 0 aliphatic heterocycles. The molecule has 2 heteroatoms. The highest BCUT2D eigenvalue weighted by molar-refractivity contribution is 4.96.